The number of fused-ring (bicyclic) bond motifs is 2. The molecule has 0 saturated carbocycles. The predicted octanol–water partition coefficient (Wildman–Crippen LogP) is 4.41. The highest BCUT2D eigenvalue weighted by molar-refractivity contribution is 7.18. The Labute approximate surface area is 218 Å². The molecule has 5 heterocycles. The summed E-state index contributed by atoms with van der Waals surface area (Å²) in [5.74, 6) is 1.00. The first-order chi connectivity index (χ1) is 17.7. The van der Waals surface area contributed by atoms with Crippen molar-refractivity contribution in [2.75, 3.05) is 36.5 Å². The highest BCUT2D eigenvalue weighted by Gasteiger charge is 2.39. The number of amides is 1. The summed E-state index contributed by atoms with van der Waals surface area (Å²) in [5.41, 5.74) is 0. The van der Waals surface area contributed by atoms with Gasteiger partial charge in [0.1, 0.15) is 10.6 Å². The SMILES string of the molecule is CCCC(=O)NC.CCCc1cc2c(N3CCn4c(nnc4C(F)(F)F)C3)nc(N3CCCC3)nc2s1. The van der Waals surface area contributed by atoms with Gasteiger partial charge in [-0.1, -0.05) is 20.3 Å². The monoisotopic (exact) mass is 538 g/mol. The van der Waals surface area contributed by atoms with Crippen LogP contribution < -0.4 is 15.1 Å². The van der Waals surface area contributed by atoms with Crippen LogP contribution in [0.25, 0.3) is 10.2 Å². The summed E-state index contributed by atoms with van der Waals surface area (Å²) in [5, 5.41) is 10.7. The van der Waals surface area contributed by atoms with Gasteiger partial charge in [-0.3, -0.25) is 4.79 Å². The third-order valence-corrected chi connectivity index (χ3v) is 7.45. The number of halogens is 3. The van der Waals surface area contributed by atoms with Crippen molar-refractivity contribution >= 4 is 39.2 Å². The number of carbonyl (C=O) groups is 1. The maximum atomic E-state index is 13.2. The van der Waals surface area contributed by atoms with Gasteiger partial charge in [-0.25, -0.2) is 4.98 Å². The van der Waals surface area contributed by atoms with E-state index in [0.717, 1.165) is 61.2 Å². The third-order valence-electron chi connectivity index (χ3n) is 6.36. The van der Waals surface area contributed by atoms with Crippen LogP contribution in [0.15, 0.2) is 6.07 Å². The Morgan fingerprint density at radius 1 is 1.05 bits per heavy atom. The molecule has 0 aromatic carbocycles. The van der Waals surface area contributed by atoms with Crippen LogP contribution in [0.1, 0.15) is 62.5 Å². The van der Waals surface area contributed by atoms with Gasteiger partial charge in [0, 0.05) is 44.5 Å². The molecule has 0 spiro atoms. The van der Waals surface area contributed by atoms with Crippen LogP contribution in [0.2, 0.25) is 0 Å². The van der Waals surface area contributed by atoms with E-state index in [2.05, 4.69) is 33.4 Å². The Balaban J connectivity index is 0.000000405. The lowest BCUT2D eigenvalue weighted by Crippen LogP contribution is -2.36. The van der Waals surface area contributed by atoms with Crippen molar-refractivity contribution in [2.24, 2.45) is 0 Å². The minimum atomic E-state index is -4.50. The largest absolute Gasteiger partial charge is 0.451 e. The fraction of sp³-hybridized carbons (Fsp3) is 0.625. The minimum absolute atomic E-state index is 0.127. The zero-order chi connectivity index (χ0) is 26.6. The number of hydrogen-bond acceptors (Lipinski definition) is 8. The lowest BCUT2D eigenvalue weighted by atomic mass is 10.2. The zero-order valence-corrected chi connectivity index (χ0v) is 22.3. The van der Waals surface area contributed by atoms with E-state index in [9.17, 15) is 18.0 Å². The number of hydrogen-bond donors (Lipinski definition) is 1. The molecule has 5 rings (SSSR count). The maximum Gasteiger partial charge on any atom is 0.451 e. The number of nitrogens with zero attached hydrogens (tertiary/aromatic N) is 7. The Kier molecular flexibility index (Phi) is 8.50. The van der Waals surface area contributed by atoms with Gasteiger partial charge < -0.3 is 19.7 Å². The molecule has 1 amide bonds. The molecule has 0 aliphatic carbocycles. The van der Waals surface area contributed by atoms with Crippen LogP contribution in [0, 0.1) is 0 Å². The van der Waals surface area contributed by atoms with Crippen LogP contribution in [0.5, 0.6) is 0 Å². The van der Waals surface area contributed by atoms with Gasteiger partial charge in [0.25, 0.3) is 0 Å². The first-order valence-electron chi connectivity index (χ1n) is 12.7. The number of thiophene rings is 1. The van der Waals surface area contributed by atoms with E-state index in [4.69, 9.17) is 9.97 Å². The van der Waals surface area contributed by atoms with Crippen molar-refractivity contribution in [1.29, 1.82) is 0 Å². The number of aromatic nitrogens is 5. The van der Waals surface area contributed by atoms with Crippen molar-refractivity contribution in [1.82, 2.24) is 30.0 Å². The molecule has 2 aliphatic rings. The summed E-state index contributed by atoms with van der Waals surface area (Å²) in [6.07, 6.45) is 1.34. The average Bonchev–Trinajstić information content (AvgIpc) is 3.62. The standard InChI is InChI=1S/C19H22F3N7S.C5H11NO/c1-2-5-12-10-13-15(23-18(24-16(13)30-12)27-6-3-4-7-27)28-8-9-29-14(11-28)25-26-17(29)19(20,21)22;1-3-4-5(7)6-2/h10H,2-9,11H2,1H3;3-4H2,1-2H3,(H,6,7). The van der Waals surface area contributed by atoms with E-state index < -0.39 is 12.0 Å². The smallest absolute Gasteiger partial charge is 0.359 e. The molecule has 9 nitrogen and oxygen atoms in total. The highest BCUT2D eigenvalue weighted by atomic mass is 32.1. The van der Waals surface area contributed by atoms with Crippen LogP contribution >= 0.6 is 11.3 Å². The number of alkyl halides is 3. The molecule has 0 bridgehead atoms. The van der Waals surface area contributed by atoms with Crippen molar-refractivity contribution in [3.8, 4) is 0 Å². The Hall–Kier alpha value is -2.96. The van der Waals surface area contributed by atoms with Gasteiger partial charge in [-0.15, -0.1) is 21.5 Å². The molecule has 1 N–H and O–H groups in total. The van der Waals surface area contributed by atoms with Crippen molar-refractivity contribution in [3.05, 3.63) is 22.6 Å². The first kappa shape index (κ1) is 27.1. The van der Waals surface area contributed by atoms with E-state index >= 15 is 0 Å². The van der Waals surface area contributed by atoms with Crippen LogP contribution in [-0.2, 0) is 30.5 Å². The topological polar surface area (TPSA) is 92.1 Å². The molecule has 0 unspecified atom stereocenters. The highest BCUT2D eigenvalue weighted by Crippen LogP contribution is 2.36. The first-order valence-corrected chi connectivity index (χ1v) is 13.6. The van der Waals surface area contributed by atoms with E-state index in [1.165, 1.54) is 9.44 Å². The van der Waals surface area contributed by atoms with E-state index in [1.807, 2.05) is 11.8 Å². The maximum absolute atomic E-state index is 13.2. The summed E-state index contributed by atoms with van der Waals surface area (Å²) < 4.78 is 40.7. The molecular weight excluding hydrogens is 505 g/mol. The van der Waals surface area contributed by atoms with Gasteiger partial charge >= 0.3 is 6.18 Å². The second-order valence-electron chi connectivity index (χ2n) is 9.16. The molecule has 13 heteroatoms. The van der Waals surface area contributed by atoms with Crippen LogP contribution in [0.4, 0.5) is 24.9 Å². The molecule has 1 saturated heterocycles. The fourth-order valence-corrected chi connectivity index (χ4v) is 5.63. The number of carbonyl (C=O) groups excluding carboxylic acids is 1. The number of rotatable bonds is 6. The second kappa shape index (κ2) is 11.6. The summed E-state index contributed by atoms with van der Waals surface area (Å²) in [7, 11) is 1.65. The molecule has 2 aliphatic heterocycles. The molecule has 202 valence electrons. The molecule has 3 aromatic rings. The summed E-state index contributed by atoms with van der Waals surface area (Å²) in [4.78, 5) is 26.4. The average molecular weight is 539 g/mol. The van der Waals surface area contributed by atoms with E-state index in [-0.39, 0.29) is 19.0 Å². The summed E-state index contributed by atoms with van der Waals surface area (Å²) >= 11 is 1.68. The normalized spacial score (nSPS) is 15.5. The van der Waals surface area contributed by atoms with Gasteiger partial charge in [0.2, 0.25) is 17.7 Å². The van der Waals surface area contributed by atoms with Gasteiger partial charge in [0.05, 0.1) is 11.9 Å². The molecule has 0 radical (unpaired) electrons. The van der Waals surface area contributed by atoms with Crippen LogP contribution in [-0.4, -0.2) is 57.3 Å². The second-order valence-corrected chi connectivity index (χ2v) is 10.3. The predicted molar refractivity (Wildman–Crippen MR) is 138 cm³/mol. The van der Waals surface area contributed by atoms with Crippen molar-refractivity contribution in [2.45, 2.75) is 71.6 Å². The fourth-order valence-electron chi connectivity index (χ4n) is 4.51. The number of anilines is 2. The summed E-state index contributed by atoms with van der Waals surface area (Å²) in [6.45, 7) is 6.82. The Bertz CT molecular complexity index is 1220. The van der Waals surface area contributed by atoms with E-state index in [1.54, 1.807) is 18.4 Å². The van der Waals surface area contributed by atoms with Gasteiger partial charge in [0.15, 0.2) is 5.82 Å². The summed E-state index contributed by atoms with van der Waals surface area (Å²) in [6, 6.07) is 2.13. The van der Waals surface area contributed by atoms with Crippen molar-refractivity contribution in [3.63, 3.8) is 0 Å². The molecule has 37 heavy (non-hydrogen) atoms. The lowest BCUT2D eigenvalue weighted by Gasteiger charge is -2.30. The number of aryl methyl sites for hydroxylation is 1. The molecule has 1 fully saturated rings. The third kappa shape index (κ3) is 6.13. The minimum Gasteiger partial charge on any atom is -0.359 e. The molecular formula is C24H33F3N8OS. The molecule has 0 atom stereocenters. The van der Waals surface area contributed by atoms with Crippen LogP contribution in [0.3, 0.4) is 0 Å². The number of nitrogens with one attached hydrogen (secondary N) is 1. The lowest BCUT2D eigenvalue weighted by molar-refractivity contribution is -0.147. The Morgan fingerprint density at radius 3 is 2.43 bits per heavy atom. The van der Waals surface area contributed by atoms with Gasteiger partial charge in [-0.2, -0.15) is 18.2 Å². The zero-order valence-electron chi connectivity index (χ0n) is 21.4. The molecule has 3 aromatic heterocycles. The van der Waals surface area contributed by atoms with Crippen molar-refractivity contribution < 1.29 is 18.0 Å². The quantitative estimate of drug-likeness (QED) is 0.497. The van der Waals surface area contributed by atoms with E-state index in [0.29, 0.717) is 24.7 Å². The Morgan fingerprint density at radius 2 is 1.81 bits per heavy atom. The van der Waals surface area contributed by atoms with Gasteiger partial charge in [-0.05, 0) is 31.7 Å².